The molecule has 0 aliphatic rings. The number of H-pyrrole nitrogens is 1. The lowest BCUT2D eigenvalue weighted by Gasteiger charge is -2.08. The molecule has 0 radical (unpaired) electrons. The van der Waals surface area contributed by atoms with Crippen molar-refractivity contribution in [3.63, 3.8) is 0 Å². The Labute approximate surface area is 156 Å². The second-order valence-electron chi connectivity index (χ2n) is 6.13. The van der Waals surface area contributed by atoms with E-state index in [1.807, 2.05) is 6.92 Å². The summed E-state index contributed by atoms with van der Waals surface area (Å²) in [6.07, 6.45) is 1.29. The highest BCUT2D eigenvalue weighted by atomic mass is 19.1. The quantitative estimate of drug-likeness (QED) is 0.553. The van der Waals surface area contributed by atoms with Crippen molar-refractivity contribution in [2.24, 2.45) is 0 Å². The molecule has 4 aromatic rings. The number of para-hydroxylation sites is 1. The van der Waals surface area contributed by atoms with Crippen LogP contribution >= 0.6 is 0 Å². The molecule has 0 amide bonds. The van der Waals surface area contributed by atoms with Crippen LogP contribution in [0.5, 0.6) is 0 Å². The van der Waals surface area contributed by atoms with Crippen molar-refractivity contribution in [3.05, 3.63) is 74.1 Å². The Kier molecular flexibility index (Phi) is 4.22. The highest BCUT2D eigenvalue weighted by Gasteiger charge is 2.15. The van der Waals surface area contributed by atoms with Crippen LogP contribution in [0.3, 0.4) is 0 Å². The Balaban J connectivity index is 1.74. The molecule has 0 aliphatic heterocycles. The van der Waals surface area contributed by atoms with E-state index in [1.165, 1.54) is 30.5 Å². The zero-order valence-corrected chi connectivity index (χ0v) is 15.0. The molecule has 0 saturated carbocycles. The maximum atomic E-state index is 14.0. The lowest BCUT2D eigenvalue weighted by atomic mass is 10.2. The average Bonchev–Trinajstić information content (AvgIpc) is 2.99. The standard InChI is InChI=1S/C18H15FN6O3/c1-9-11(10(2)28-24-9)7-20-17-21-8-12-15(22-17)23-18(27)25(16(12)26)14-6-4-3-5-13(14)19/h3-6,8H,7H2,1-2H3,(H2,20,21,22,23,27). The van der Waals surface area contributed by atoms with E-state index in [0.717, 1.165) is 15.8 Å². The summed E-state index contributed by atoms with van der Waals surface area (Å²) in [5.74, 6) is 0.200. The minimum absolute atomic E-state index is 0.0545. The number of benzene rings is 1. The Morgan fingerprint density at radius 1 is 1.25 bits per heavy atom. The Bertz CT molecular complexity index is 1290. The van der Waals surface area contributed by atoms with Crippen molar-refractivity contribution in [3.8, 4) is 5.69 Å². The minimum atomic E-state index is -0.794. The number of fused-ring (bicyclic) bond motifs is 1. The molecule has 1 aromatic carbocycles. The number of aryl methyl sites for hydroxylation is 2. The van der Waals surface area contributed by atoms with Crippen LogP contribution in [0.2, 0.25) is 0 Å². The number of hydrogen-bond donors (Lipinski definition) is 2. The van der Waals surface area contributed by atoms with Gasteiger partial charge in [-0.1, -0.05) is 17.3 Å². The second-order valence-corrected chi connectivity index (χ2v) is 6.13. The summed E-state index contributed by atoms with van der Waals surface area (Å²) in [7, 11) is 0. The van der Waals surface area contributed by atoms with Crippen LogP contribution in [0.25, 0.3) is 16.7 Å². The fourth-order valence-electron chi connectivity index (χ4n) is 2.86. The predicted octanol–water partition coefficient (Wildman–Crippen LogP) is 1.83. The highest BCUT2D eigenvalue weighted by molar-refractivity contribution is 5.73. The highest BCUT2D eigenvalue weighted by Crippen LogP contribution is 2.14. The smallest absolute Gasteiger partial charge is 0.334 e. The first-order chi connectivity index (χ1) is 13.5. The number of aromatic amines is 1. The molecule has 9 nitrogen and oxygen atoms in total. The van der Waals surface area contributed by atoms with Crippen LogP contribution in [0, 0.1) is 19.7 Å². The van der Waals surface area contributed by atoms with Gasteiger partial charge in [0.1, 0.15) is 17.0 Å². The summed E-state index contributed by atoms with van der Waals surface area (Å²) in [5.41, 5.74) is 0.0216. The first-order valence-electron chi connectivity index (χ1n) is 8.38. The van der Waals surface area contributed by atoms with E-state index in [-0.39, 0.29) is 22.7 Å². The summed E-state index contributed by atoms with van der Waals surface area (Å²) in [6, 6.07) is 5.52. The Hall–Kier alpha value is -3.82. The van der Waals surface area contributed by atoms with E-state index < -0.39 is 17.1 Å². The average molecular weight is 382 g/mol. The third-order valence-electron chi connectivity index (χ3n) is 4.35. The Morgan fingerprint density at radius 3 is 2.75 bits per heavy atom. The number of halogens is 1. The van der Waals surface area contributed by atoms with E-state index in [9.17, 15) is 14.0 Å². The van der Waals surface area contributed by atoms with E-state index >= 15 is 0 Å². The van der Waals surface area contributed by atoms with Crippen molar-refractivity contribution in [2.45, 2.75) is 20.4 Å². The zero-order valence-electron chi connectivity index (χ0n) is 15.0. The Morgan fingerprint density at radius 2 is 2.04 bits per heavy atom. The van der Waals surface area contributed by atoms with Gasteiger partial charge in [-0.15, -0.1) is 0 Å². The summed E-state index contributed by atoms with van der Waals surface area (Å²) < 4.78 is 19.9. The summed E-state index contributed by atoms with van der Waals surface area (Å²) in [5, 5.41) is 6.93. The van der Waals surface area contributed by atoms with Crippen molar-refractivity contribution >= 4 is 17.0 Å². The lowest BCUT2D eigenvalue weighted by Crippen LogP contribution is -2.34. The van der Waals surface area contributed by atoms with Crippen LogP contribution in [0.4, 0.5) is 10.3 Å². The van der Waals surface area contributed by atoms with Gasteiger partial charge in [0.25, 0.3) is 5.56 Å². The largest absolute Gasteiger partial charge is 0.361 e. The third kappa shape index (κ3) is 2.94. The second kappa shape index (κ2) is 6.72. The summed E-state index contributed by atoms with van der Waals surface area (Å²) in [4.78, 5) is 35.9. The maximum absolute atomic E-state index is 14.0. The molecular formula is C18H15FN6O3. The first-order valence-corrected chi connectivity index (χ1v) is 8.38. The molecule has 0 atom stereocenters. The number of hydrogen-bond acceptors (Lipinski definition) is 7. The number of rotatable bonds is 4. The molecule has 2 N–H and O–H groups in total. The van der Waals surface area contributed by atoms with Gasteiger partial charge in [-0.3, -0.25) is 9.78 Å². The molecule has 28 heavy (non-hydrogen) atoms. The molecule has 0 unspecified atom stereocenters. The fraction of sp³-hybridized carbons (Fsp3) is 0.167. The summed E-state index contributed by atoms with van der Waals surface area (Å²) >= 11 is 0. The molecule has 0 spiro atoms. The van der Waals surface area contributed by atoms with E-state index in [0.29, 0.717) is 12.3 Å². The van der Waals surface area contributed by atoms with Crippen LogP contribution in [-0.4, -0.2) is 24.7 Å². The number of nitrogens with zero attached hydrogens (tertiary/aromatic N) is 4. The van der Waals surface area contributed by atoms with Gasteiger partial charge in [-0.25, -0.2) is 18.7 Å². The van der Waals surface area contributed by atoms with Crippen LogP contribution < -0.4 is 16.6 Å². The van der Waals surface area contributed by atoms with Gasteiger partial charge >= 0.3 is 5.69 Å². The monoisotopic (exact) mass is 382 g/mol. The van der Waals surface area contributed by atoms with Gasteiger partial charge in [0.2, 0.25) is 5.95 Å². The van der Waals surface area contributed by atoms with Gasteiger partial charge in [0.15, 0.2) is 5.65 Å². The third-order valence-corrected chi connectivity index (χ3v) is 4.35. The molecule has 0 aliphatic carbocycles. The molecular weight excluding hydrogens is 367 g/mol. The normalized spacial score (nSPS) is 11.1. The van der Waals surface area contributed by atoms with Crippen LogP contribution in [-0.2, 0) is 6.54 Å². The molecule has 142 valence electrons. The lowest BCUT2D eigenvalue weighted by molar-refractivity contribution is 0.392. The van der Waals surface area contributed by atoms with E-state index in [1.54, 1.807) is 6.92 Å². The number of nitrogens with one attached hydrogen (secondary N) is 2. The van der Waals surface area contributed by atoms with Crippen molar-refractivity contribution in [2.75, 3.05) is 5.32 Å². The molecule has 0 fully saturated rings. The van der Waals surface area contributed by atoms with Crippen molar-refractivity contribution in [1.29, 1.82) is 0 Å². The first kappa shape index (κ1) is 17.6. The van der Waals surface area contributed by atoms with Gasteiger partial charge < -0.3 is 9.84 Å². The molecule has 3 heterocycles. The molecule has 0 saturated heterocycles. The molecule has 0 bridgehead atoms. The van der Waals surface area contributed by atoms with Crippen LogP contribution in [0.15, 0.2) is 44.6 Å². The van der Waals surface area contributed by atoms with E-state index in [4.69, 9.17) is 4.52 Å². The molecule has 4 rings (SSSR count). The number of aromatic nitrogens is 5. The van der Waals surface area contributed by atoms with Crippen molar-refractivity contribution < 1.29 is 8.91 Å². The predicted molar refractivity (Wildman–Crippen MR) is 99.0 cm³/mol. The minimum Gasteiger partial charge on any atom is -0.361 e. The topological polar surface area (TPSA) is 119 Å². The van der Waals surface area contributed by atoms with E-state index in [2.05, 4.69) is 25.4 Å². The van der Waals surface area contributed by atoms with Crippen LogP contribution in [0.1, 0.15) is 17.0 Å². The maximum Gasteiger partial charge on any atom is 0.334 e. The number of anilines is 1. The zero-order chi connectivity index (χ0) is 19.8. The van der Waals surface area contributed by atoms with Gasteiger partial charge in [0.05, 0.1) is 11.4 Å². The van der Waals surface area contributed by atoms with Gasteiger partial charge in [-0.2, -0.15) is 4.98 Å². The van der Waals surface area contributed by atoms with Gasteiger partial charge in [0, 0.05) is 18.3 Å². The SMILES string of the molecule is Cc1noc(C)c1CNc1ncc2c(=O)n(-c3ccccc3F)c(=O)[nH]c2n1. The van der Waals surface area contributed by atoms with Gasteiger partial charge in [-0.05, 0) is 26.0 Å². The fourth-order valence-corrected chi connectivity index (χ4v) is 2.86. The summed E-state index contributed by atoms with van der Waals surface area (Å²) in [6.45, 7) is 3.97. The molecule has 10 heteroatoms. The molecule has 3 aromatic heterocycles. The van der Waals surface area contributed by atoms with Crippen molar-refractivity contribution in [1.82, 2.24) is 24.7 Å².